The van der Waals surface area contributed by atoms with E-state index in [0.29, 0.717) is 0 Å². The molecule has 5 aromatic carbocycles. The van der Waals surface area contributed by atoms with Gasteiger partial charge in [-0.15, -0.1) is 0 Å². The average Bonchev–Trinajstić information content (AvgIpc) is 3.23. The summed E-state index contributed by atoms with van der Waals surface area (Å²) in [6.07, 6.45) is 0. The first-order valence-electron chi connectivity index (χ1n) is 11.6. The highest BCUT2D eigenvalue weighted by molar-refractivity contribution is 6.98. The molecule has 2 aliphatic rings. The Kier molecular flexibility index (Phi) is 3.48. The van der Waals surface area contributed by atoms with Gasteiger partial charge in [-0.3, -0.25) is 0 Å². The Morgan fingerprint density at radius 1 is 0.559 bits per heavy atom. The lowest BCUT2D eigenvalue weighted by atomic mass is 9.35. The topological polar surface area (TPSA) is 23.4 Å². The molecule has 0 bridgehead atoms. The third kappa shape index (κ3) is 2.27. The van der Waals surface area contributed by atoms with Gasteiger partial charge in [-0.1, -0.05) is 72.8 Å². The zero-order valence-corrected chi connectivity index (χ0v) is 18.2. The first-order chi connectivity index (χ1) is 16.9. The summed E-state index contributed by atoms with van der Waals surface area (Å²) in [6.45, 7) is 0.0723. The van der Waals surface area contributed by atoms with Crippen LogP contribution in [-0.4, -0.2) is 11.3 Å². The van der Waals surface area contributed by atoms with Crippen LogP contribution in [0.25, 0.3) is 27.5 Å². The highest BCUT2D eigenvalue weighted by Crippen LogP contribution is 2.44. The van der Waals surface area contributed by atoms with Crippen molar-refractivity contribution in [1.29, 1.82) is 0 Å². The summed E-state index contributed by atoms with van der Waals surface area (Å²) in [5, 5.41) is 2.30. The molecule has 158 valence electrons. The average molecular weight is 435 g/mol. The van der Waals surface area contributed by atoms with Gasteiger partial charge in [0.1, 0.15) is 23.0 Å². The molecule has 6 aromatic rings. The molecule has 0 aliphatic carbocycles. The zero-order chi connectivity index (χ0) is 22.2. The van der Waals surface area contributed by atoms with Crippen LogP contribution in [0.3, 0.4) is 0 Å². The van der Waals surface area contributed by atoms with Crippen molar-refractivity contribution in [3.8, 4) is 28.7 Å². The van der Waals surface area contributed by atoms with Gasteiger partial charge in [0, 0.05) is 22.6 Å². The van der Waals surface area contributed by atoms with Crippen LogP contribution < -0.4 is 25.9 Å². The number of para-hydroxylation sites is 4. The van der Waals surface area contributed by atoms with E-state index in [2.05, 4.69) is 95.6 Å². The number of benzene rings is 5. The Balaban J connectivity index is 1.56. The van der Waals surface area contributed by atoms with E-state index >= 15 is 0 Å². The van der Waals surface area contributed by atoms with E-state index in [1.54, 1.807) is 0 Å². The standard InChI is InChI=1S/C30H18BNO2/c1-2-10-19(11-3-1)32-23-15-7-4-12-20(23)28-24(32)18-27-29-30(28)34-26-17-9-6-14-22(26)31(29)21-13-5-8-16-25(21)33-27/h1-18H. The van der Waals surface area contributed by atoms with Gasteiger partial charge in [0.05, 0.1) is 16.4 Å². The van der Waals surface area contributed by atoms with Gasteiger partial charge in [-0.25, -0.2) is 0 Å². The lowest BCUT2D eigenvalue weighted by Crippen LogP contribution is -2.57. The van der Waals surface area contributed by atoms with Crippen molar-refractivity contribution in [2.24, 2.45) is 0 Å². The molecule has 3 heterocycles. The van der Waals surface area contributed by atoms with Crippen LogP contribution in [0, 0.1) is 0 Å². The Hall–Kier alpha value is -4.44. The van der Waals surface area contributed by atoms with Crippen LogP contribution in [0.15, 0.2) is 109 Å². The minimum atomic E-state index is 0.0723. The summed E-state index contributed by atoms with van der Waals surface area (Å²) < 4.78 is 15.6. The van der Waals surface area contributed by atoms with Crippen molar-refractivity contribution < 1.29 is 9.47 Å². The van der Waals surface area contributed by atoms with E-state index in [0.717, 1.165) is 50.6 Å². The summed E-state index contributed by atoms with van der Waals surface area (Å²) in [5.41, 5.74) is 6.82. The Bertz CT molecular complexity index is 1760. The van der Waals surface area contributed by atoms with Crippen molar-refractivity contribution in [3.63, 3.8) is 0 Å². The fourth-order valence-electron chi connectivity index (χ4n) is 5.73. The van der Waals surface area contributed by atoms with Crippen molar-refractivity contribution in [2.75, 3.05) is 0 Å². The number of ether oxygens (including phenoxy) is 2. The molecule has 0 unspecified atom stereocenters. The van der Waals surface area contributed by atoms with Crippen LogP contribution >= 0.6 is 0 Å². The van der Waals surface area contributed by atoms with Crippen LogP contribution in [0.5, 0.6) is 23.0 Å². The third-order valence-electron chi connectivity index (χ3n) is 7.11. The lowest BCUT2D eigenvalue weighted by molar-refractivity contribution is 0.468. The highest BCUT2D eigenvalue weighted by atomic mass is 16.5. The molecule has 0 atom stereocenters. The molecule has 0 N–H and O–H groups in total. The van der Waals surface area contributed by atoms with E-state index in [-0.39, 0.29) is 6.71 Å². The monoisotopic (exact) mass is 435 g/mol. The third-order valence-corrected chi connectivity index (χ3v) is 7.11. The van der Waals surface area contributed by atoms with Crippen molar-refractivity contribution in [1.82, 2.24) is 4.57 Å². The molecule has 0 radical (unpaired) electrons. The normalized spacial score (nSPS) is 13.1. The van der Waals surface area contributed by atoms with Gasteiger partial charge < -0.3 is 14.0 Å². The quantitative estimate of drug-likeness (QED) is 0.318. The number of rotatable bonds is 1. The van der Waals surface area contributed by atoms with E-state index in [1.807, 2.05) is 18.2 Å². The molecule has 4 heteroatoms. The Morgan fingerprint density at radius 3 is 2.00 bits per heavy atom. The summed E-state index contributed by atoms with van der Waals surface area (Å²) in [6, 6.07) is 38.0. The summed E-state index contributed by atoms with van der Waals surface area (Å²) >= 11 is 0. The molecule has 0 fully saturated rings. The van der Waals surface area contributed by atoms with Crippen LogP contribution in [0.2, 0.25) is 0 Å². The molecular formula is C30H18BNO2. The van der Waals surface area contributed by atoms with Crippen LogP contribution in [-0.2, 0) is 0 Å². The summed E-state index contributed by atoms with van der Waals surface area (Å²) in [7, 11) is 0. The largest absolute Gasteiger partial charge is 0.458 e. The summed E-state index contributed by atoms with van der Waals surface area (Å²) in [4.78, 5) is 0. The number of aromatic nitrogens is 1. The molecular weight excluding hydrogens is 417 g/mol. The molecule has 2 aliphatic heterocycles. The maximum Gasteiger partial charge on any atom is 0.260 e. The Labute approximate surface area is 196 Å². The van der Waals surface area contributed by atoms with Crippen molar-refractivity contribution in [2.45, 2.75) is 0 Å². The molecule has 0 amide bonds. The van der Waals surface area contributed by atoms with E-state index in [4.69, 9.17) is 9.47 Å². The van der Waals surface area contributed by atoms with Crippen LogP contribution in [0.1, 0.15) is 0 Å². The van der Waals surface area contributed by atoms with E-state index in [9.17, 15) is 0 Å². The second-order valence-corrected chi connectivity index (χ2v) is 8.91. The SMILES string of the molecule is c1ccc(-n2c3ccccc3c3c4c5c(cc32)Oc2ccccc2B5c2ccccc2O4)cc1. The Morgan fingerprint density at radius 2 is 1.21 bits per heavy atom. The predicted octanol–water partition coefficient (Wildman–Crippen LogP) is 5.51. The van der Waals surface area contributed by atoms with Gasteiger partial charge in [0.25, 0.3) is 6.71 Å². The number of hydrogen-bond donors (Lipinski definition) is 0. The maximum absolute atomic E-state index is 6.72. The van der Waals surface area contributed by atoms with Gasteiger partial charge >= 0.3 is 0 Å². The van der Waals surface area contributed by atoms with Gasteiger partial charge in [0.15, 0.2) is 0 Å². The molecule has 3 nitrogen and oxygen atoms in total. The first-order valence-corrected chi connectivity index (χ1v) is 11.6. The van der Waals surface area contributed by atoms with Gasteiger partial charge in [0.2, 0.25) is 0 Å². The molecule has 0 spiro atoms. The number of nitrogens with zero attached hydrogens (tertiary/aromatic N) is 1. The van der Waals surface area contributed by atoms with Gasteiger partial charge in [-0.05, 0) is 41.3 Å². The highest BCUT2D eigenvalue weighted by Gasteiger charge is 2.41. The molecule has 8 rings (SSSR count). The molecule has 34 heavy (non-hydrogen) atoms. The number of fused-ring (bicyclic) bond motifs is 8. The minimum Gasteiger partial charge on any atom is -0.458 e. The van der Waals surface area contributed by atoms with E-state index in [1.165, 1.54) is 16.3 Å². The second kappa shape index (κ2) is 6.55. The molecule has 0 saturated carbocycles. The zero-order valence-electron chi connectivity index (χ0n) is 18.2. The van der Waals surface area contributed by atoms with Gasteiger partial charge in [-0.2, -0.15) is 0 Å². The fraction of sp³-hybridized carbons (Fsp3) is 0. The van der Waals surface area contributed by atoms with Crippen molar-refractivity contribution in [3.05, 3.63) is 109 Å². The smallest absolute Gasteiger partial charge is 0.260 e. The van der Waals surface area contributed by atoms with Crippen LogP contribution in [0.4, 0.5) is 0 Å². The predicted molar refractivity (Wildman–Crippen MR) is 138 cm³/mol. The molecule has 1 aromatic heterocycles. The van der Waals surface area contributed by atoms with E-state index < -0.39 is 0 Å². The lowest BCUT2D eigenvalue weighted by Gasteiger charge is -2.33. The second-order valence-electron chi connectivity index (χ2n) is 8.91. The summed E-state index contributed by atoms with van der Waals surface area (Å²) in [5.74, 6) is 3.58. The molecule has 0 saturated heterocycles. The number of hydrogen-bond acceptors (Lipinski definition) is 2. The van der Waals surface area contributed by atoms with Crippen molar-refractivity contribution >= 4 is 44.9 Å². The fourth-order valence-corrected chi connectivity index (χ4v) is 5.73. The maximum atomic E-state index is 6.72. The first kappa shape index (κ1) is 18.0. The minimum absolute atomic E-state index is 0.0723.